The Labute approximate surface area is 243 Å². The first-order valence-corrected chi connectivity index (χ1v) is 13.8. The summed E-state index contributed by atoms with van der Waals surface area (Å²) in [6.45, 7) is 4.02. The second-order valence-electron chi connectivity index (χ2n) is 10.3. The Balaban J connectivity index is 1.40. The van der Waals surface area contributed by atoms with Crippen molar-refractivity contribution in [1.82, 2.24) is 24.5 Å². The SMILES string of the molecule is COc1ccc(CN(c2nc(Nc3cc(C#N)cc(N4CCN(C)CC4)c3Cl)nn3c(C#N)cnc23)C2CC2)cc1. The maximum atomic E-state index is 9.78. The van der Waals surface area contributed by atoms with Crippen LogP contribution in [-0.2, 0) is 6.54 Å². The molecule has 12 heteroatoms. The summed E-state index contributed by atoms with van der Waals surface area (Å²) >= 11 is 6.93. The number of aromatic nitrogens is 4. The number of fused-ring (bicyclic) bond motifs is 1. The van der Waals surface area contributed by atoms with Gasteiger partial charge in [-0.15, -0.1) is 5.10 Å². The predicted molar refractivity (Wildman–Crippen MR) is 157 cm³/mol. The maximum absolute atomic E-state index is 9.78. The normalized spacial score (nSPS) is 15.4. The third-order valence-electron chi connectivity index (χ3n) is 7.50. The number of nitrogens with one attached hydrogen (secondary N) is 1. The van der Waals surface area contributed by atoms with Crippen LogP contribution in [0.25, 0.3) is 5.65 Å². The van der Waals surface area contributed by atoms with Gasteiger partial charge in [0.1, 0.15) is 11.8 Å². The van der Waals surface area contributed by atoms with Crippen molar-refractivity contribution in [3.8, 4) is 17.9 Å². The van der Waals surface area contributed by atoms with E-state index < -0.39 is 0 Å². The van der Waals surface area contributed by atoms with Gasteiger partial charge in [0, 0.05) is 38.8 Å². The molecular formula is C29H29ClN10O. The molecule has 4 aromatic rings. The average Bonchev–Trinajstić information content (AvgIpc) is 3.76. The summed E-state index contributed by atoms with van der Waals surface area (Å²) in [4.78, 5) is 16.1. The van der Waals surface area contributed by atoms with Crippen molar-refractivity contribution in [2.24, 2.45) is 0 Å². The van der Waals surface area contributed by atoms with Gasteiger partial charge in [-0.2, -0.15) is 20.0 Å². The van der Waals surface area contributed by atoms with Crippen molar-refractivity contribution in [2.75, 3.05) is 55.5 Å². The zero-order valence-electron chi connectivity index (χ0n) is 22.9. The first-order valence-electron chi connectivity index (χ1n) is 13.5. The van der Waals surface area contributed by atoms with E-state index in [2.05, 4.69) is 49.3 Å². The summed E-state index contributed by atoms with van der Waals surface area (Å²) in [6.07, 6.45) is 3.57. The lowest BCUT2D eigenvalue weighted by molar-refractivity contribution is 0.313. The Morgan fingerprint density at radius 1 is 1.10 bits per heavy atom. The topological polar surface area (TPSA) is 122 Å². The third-order valence-corrected chi connectivity index (χ3v) is 7.90. The van der Waals surface area contributed by atoms with Crippen LogP contribution in [0.15, 0.2) is 42.6 Å². The summed E-state index contributed by atoms with van der Waals surface area (Å²) in [5.74, 6) is 1.67. The van der Waals surface area contributed by atoms with Crippen LogP contribution in [-0.4, -0.2) is 70.9 Å². The predicted octanol–water partition coefficient (Wildman–Crippen LogP) is 4.19. The lowest BCUT2D eigenvalue weighted by Crippen LogP contribution is -2.44. The molecule has 208 valence electrons. The standard InChI is InChI=1S/C29H29ClN10O/c1-37-9-11-38(12-10-37)25-14-20(15-31)13-24(26(25)30)34-29-35-28(27-33-17-22(16-32)40(27)36-29)39(21-5-6-21)18-19-3-7-23(41-2)8-4-19/h3-4,7-8,13-14,17,21H,5-6,9-12,18H2,1-2H3,(H,34,36). The van der Waals surface area contributed by atoms with Crippen LogP contribution < -0.4 is 19.9 Å². The van der Waals surface area contributed by atoms with Gasteiger partial charge in [-0.05, 0) is 49.7 Å². The molecule has 1 aliphatic heterocycles. The van der Waals surface area contributed by atoms with Crippen molar-refractivity contribution in [3.63, 3.8) is 0 Å². The molecule has 0 atom stereocenters. The molecule has 3 heterocycles. The second-order valence-corrected chi connectivity index (χ2v) is 10.7. The molecular weight excluding hydrogens is 540 g/mol. The minimum atomic E-state index is 0.253. The van der Waals surface area contributed by atoms with Gasteiger partial charge in [-0.1, -0.05) is 23.7 Å². The van der Waals surface area contributed by atoms with Gasteiger partial charge in [-0.3, -0.25) is 0 Å². The summed E-state index contributed by atoms with van der Waals surface area (Å²) < 4.78 is 6.83. The molecule has 1 N–H and O–H groups in total. The molecule has 1 saturated carbocycles. The lowest BCUT2D eigenvalue weighted by Gasteiger charge is -2.35. The number of halogens is 1. The fourth-order valence-electron chi connectivity index (χ4n) is 5.04. The van der Waals surface area contributed by atoms with Crippen molar-refractivity contribution < 1.29 is 4.74 Å². The molecule has 0 unspecified atom stereocenters. The number of rotatable bonds is 8. The van der Waals surface area contributed by atoms with Crippen LogP contribution in [0.2, 0.25) is 5.02 Å². The first kappa shape index (κ1) is 26.6. The highest BCUT2D eigenvalue weighted by atomic mass is 35.5. The molecule has 41 heavy (non-hydrogen) atoms. The van der Waals surface area contributed by atoms with E-state index in [0.717, 1.165) is 56.0 Å². The number of benzene rings is 2. The molecule has 1 saturated heterocycles. The van der Waals surface area contributed by atoms with Crippen molar-refractivity contribution in [1.29, 1.82) is 10.5 Å². The zero-order valence-corrected chi connectivity index (χ0v) is 23.6. The molecule has 1 aliphatic carbocycles. The van der Waals surface area contributed by atoms with Gasteiger partial charge in [0.25, 0.3) is 0 Å². The minimum absolute atomic E-state index is 0.253. The summed E-state index contributed by atoms with van der Waals surface area (Å²) in [5, 5.41) is 27.9. The minimum Gasteiger partial charge on any atom is -0.497 e. The number of likely N-dealkylation sites (N-methyl/N-ethyl adjacent to an activating group) is 1. The Kier molecular flexibility index (Phi) is 7.23. The van der Waals surface area contributed by atoms with Crippen LogP contribution in [0.5, 0.6) is 5.75 Å². The number of hydrogen-bond donors (Lipinski definition) is 1. The molecule has 6 rings (SSSR count). The summed E-state index contributed by atoms with van der Waals surface area (Å²) in [5.41, 5.74) is 3.69. The third kappa shape index (κ3) is 5.42. The highest BCUT2D eigenvalue weighted by Gasteiger charge is 2.33. The van der Waals surface area contributed by atoms with Crippen LogP contribution in [0.4, 0.5) is 23.1 Å². The Bertz CT molecular complexity index is 1660. The van der Waals surface area contributed by atoms with Gasteiger partial charge >= 0.3 is 0 Å². The first-order chi connectivity index (χ1) is 20.0. The van der Waals surface area contributed by atoms with Crippen LogP contribution in [0.1, 0.15) is 29.7 Å². The van der Waals surface area contributed by atoms with E-state index in [-0.39, 0.29) is 5.95 Å². The molecule has 2 aliphatic rings. The van der Waals surface area contributed by atoms with Gasteiger partial charge < -0.3 is 24.8 Å². The van der Waals surface area contributed by atoms with E-state index in [0.29, 0.717) is 46.0 Å². The van der Waals surface area contributed by atoms with Gasteiger partial charge in [0.15, 0.2) is 17.2 Å². The fourth-order valence-corrected chi connectivity index (χ4v) is 5.32. The van der Waals surface area contributed by atoms with E-state index in [4.69, 9.17) is 21.3 Å². The highest BCUT2D eigenvalue weighted by Crippen LogP contribution is 2.38. The monoisotopic (exact) mass is 568 g/mol. The number of imidazole rings is 1. The molecule has 0 amide bonds. The van der Waals surface area contributed by atoms with Crippen molar-refractivity contribution in [3.05, 3.63) is 64.4 Å². The number of nitriles is 2. The van der Waals surface area contributed by atoms with Crippen LogP contribution in [0.3, 0.4) is 0 Å². The fraction of sp³-hybridized carbons (Fsp3) is 0.345. The molecule has 11 nitrogen and oxygen atoms in total. The number of nitrogens with zero attached hydrogens (tertiary/aromatic N) is 9. The van der Waals surface area contributed by atoms with Gasteiger partial charge in [0.05, 0.1) is 41.3 Å². The smallest absolute Gasteiger partial charge is 0.247 e. The van der Waals surface area contributed by atoms with E-state index >= 15 is 0 Å². The number of hydrogen-bond acceptors (Lipinski definition) is 10. The Morgan fingerprint density at radius 2 is 1.85 bits per heavy atom. The molecule has 0 radical (unpaired) electrons. The van der Waals surface area contributed by atoms with E-state index in [1.165, 1.54) is 10.7 Å². The molecule has 0 bridgehead atoms. The Hall–Kier alpha value is -4.58. The molecule has 2 aromatic carbocycles. The van der Waals surface area contributed by atoms with Crippen LogP contribution >= 0.6 is 11.6 Å². The highest BCUT2D eigenvalue weighted by molar-refractivity contribution is 6.36. The summed E-state index contributed by atoms with van der Waals surface area (Å²) in [7, 11) is 3.74. The number of ether oxygens (including phenoxy) is 1. The average molecular weight is 569 g/mol. The number of methoxy groups -OCH3 is 1. The zero-order chi connectivity index (χ0) is 28.5. The van der Waals surface area contributed by atoms with E-state index in [1.807, 2.05) is 30.3 Å². The Morgan fingerprint density at radius 3 is 2.51 bits per heavy atom. The largest absolute Gasteiger partial charge is 0.497 e. The van der Waals surface area contributed by atoms with Gasteiger partial charge in [-0.25, -0.2) is 4.98 Å². The number of anilines is 4. The van der Waals surface area contributed by atoms with E-state index in [9.17, 15) is 10.5 Å². The van der Waals surface area contributed by atoms with Crippen molar-refractivity contribution in [2.45, 2.75) is 25.4 Å². The molecule has 2 aromatic heterocycles. The van der Waals surface area contributed by atoms with Gasteiger partial charge in [0.2, 0.25) is 5.95 Å². The van der Waals surface area contributed by atoms with Crippen molar-refractivity contribution >= 4 is 40.4 Å². The quantitative estimate of drug-likeness (QED) is 0.331. The molecule has 2 fully saturated rings. The lowest BCUT2D eigenvalue weighted by atomic mass is 10.1. The summed E-state index contributed by atoms with van der Waals surface area (Å²) in [6, 6.07) is 16.2. The second kappa shape index (κ2) is 11.1. The molecule has 0 spiro atoms. The maximum Gasteiger partial charge on any atom is 0.247 e. The van der Waals surface area contributed by atoms with E-state index in [1.54, 1.807) is 13.2 Å². The number of piperazine rings is 1. The van der Waals surface area contributed by atoms with Crippen LogP contribution in [0, 0.1) is 22.7 Å².